The van der Waals surface area contributed by atoms with Gasteiger partial charge in [0, 0.05) is 38.5 Å². The molecule has 0 saturated carbocycles. The first-order valence-corrected chi connectivity index (χ1v) is 20.1. The number of nitrogens with zero attached hydrogens (tertiary/aromatic N) is 1. The van der Waals surface area contributed by atoms with E-state index in [2.05, 4.69) is 205 Å². The lowest BCUT2D eigenvalue weighted by atomic mass is 9.97. The summed E-state index contributed by atoms with van der Waals surface area (Å²) in [5.41, 5.74) is 13.3. The lowest BCUT2D eigenvalue weighted by Gasteiger charge is -2.26. The summed E-state index contributed by atoms with van der Waals surface area (Å²) in [5.74, 6) is 0. The zero-order valence-corrected chi connectivity index (χ0v) is 32.0. The topological polar surface area (TPSA) is 29.5 Å². The molecule has 2 aromatic heterocycles. The number of hydrogen-bond donors (Lipinski definition) is 0. The van der Waals surface area contributed by atoms with E-state index in [9.17, 15) is 0 Å². The van der Waals surface area contributed by atoms with Gasteiger partial charge in [-0.1, -0.05) is 158 Å². The maximum Gasteiger partial charge on any atom is 0.159 e. The smallest absolute Gasteiger partial charge is 0.159 e. The summed E-state index contributed by atoms with van der Waals surface area (Å²) in [7, 11) is 0. The quantitative estimate of drug-likeness (QED) is 0.158. The highest BCUT2D eigenvalue weighted by molar-refractivity contribution is 6.14. The van der Waals surface area contributed by atoms with Crippen LogP contribution in [-0.2, 0) is 0 Å². The zero-order valence-electron chi connectivity index (χ0n) is 32.0. The largest absolute Gasteiger partial charge is 0.456 e. The molecule has 2 heterocycles. The normalized spacial score (nSPS) is 11.7. The highest BCUT2D eigenvalue weighted by Crippen LogP contribution is 2.45. The van der Waals surface area contributed by atoms with E-state index in [1.54, 1.807) is 0 Å². The maximum atomic E-state index is 7.00. The van der Waals surface area contributed by atoms with Gasteiger partial charge in [-0.05, 0) is 104 Å². The van der Waals surface area contributed by atoms with Crippen LogP contribution >= 0.6 is 0 Å². The Kier molecular flexibility index (Phi) is 7.54. The molecule has 3 nitrogen and oxygen atoms in total. The molecule has 0 aliphatic heterocycles. The zero-order chi connectivity index (χ0) is 38.9. The van der Waals surface area contributed by atoms with Crippen molar-refractivity contribution in [3.63, 3.8) is 0 Å². The molecule has 276 valence electrons. The van der Waals surface area contributed by atoms with Gasteiger partial charge in [-0.2, -0.15) is 0 Å². The van der Waals surface area contributed by atoms with Gasteiger partial charge in [-0.15, -0.1) is 0 Å². The van der Waals surface area contributed by atoms with Gasteiger partial charge in [-0.3, -0.25) is 0 Å². The lowest BCUT2D eigenvalue weighted by molar-refractivity contribution is 0.669. The van der Waals surface area contributed by atoms with Crippen LogP contribution in [0.2, 0.25) is 0 Å². The van der Waals surface area contributed by atoms with Crippen molar-refractivity contribution in [2.75, 3.05) is 4.90 Å². The minimum atomic E-state index is 0.841. The number of rotatable bonds is 6. The average molecular weight is 754 g/mol. The molecule has 0 fully saturated rings. The van der Waals surface area contributed by atoms with Crippen LogP contribution in [0.25, 0.3) is 98.8 Å². The Balaban J connectivity index is 1.02. The predicted molar refractivity (Wildman–Crippen MR) is 247 cm³/mol. The van der Waals surface area contributed by atoms with E-state index in [4.69, 9.17) is 8.83 Å². The lowest BCUT2D eigenvalue weighted by Crippen LogP contribution is -2.10. The van der Waals surface area contributed by atoms with Gasteiger partial charge in [0.15, 0.2) is 5.58 Å². The number of hydrogen-bond acceptors (Lipinski definition) is 3. The molecular formula is C56H35NO2. The maximum absolute atomic E-state index is 7.00. The van der Waals surface area contributed by atoms with Crippen LogP contribution in [0.3, 0.4) is 0 Å². The third-order valence-electron chi connectivity index (χ3n) is 11.8. The molecule has 0 N–H and O–H groups in total. The molecule has 59 heavy (non-hydrogen) atoms. The van der Waals surface area contributed by atoms with Crippen molar-refractivity contribution in [2.45, 2.75) is 0 Å². The fraction of sp³-hybridized carbons (Fsp3) is 0. The monoisotopic (exact) mass is 753 g/mol. The molecule has 0 unspecified atom stereocenters. The minimum Gasteiger partial charge on any atom is -0.456 e. The Labute approximate surface area is 340 Å². The molecule has 12 aromatic rings. The first-order chi connectivity index (χ1) is 29.2. The van der Waals surface area contributed by atoms with Gasteiger partial charge in [0.2, 0.25) is 0 Å². The Bertz CT molecular complexity index is 3560. The second-order valence-electron chi connectivity index (χ2n) is 15.3. The van der Waals surface area contributed by atoms with Crippen LogP contribution in [0, 0.1) is 0 Å². The third kappa shape index (κ3) is 5.51. The third-order valence-corrected chi connectivity index (χ3v) is 11.8. The van der Waals surface area contributed by atoms with Gasteiger partial charge in [-0.25, -0.2) is 0 Å². The second kappa shape index (κ2) is 13.4. The van der Waals surface area contributed by atoms with Crippen LogP contribution in [0.1, 0.15) is 0 Å². The van der Waals surface area contributed by atoms with Crippen molar-refractivity contribution in [3.05, 3.63) is 212 Å². The van der Waals surface area contributed by atoms with Crippen molar-refractivity contribution in [2.24, 2.45) is 0 Å². The van der Waals surface area contributed by atoms with Crippen LogP contribution in [-0.4, -0.2) is 0 Å². The van der Waals surface area contributed by atoms with E-state index in [0.717, 1.165) is 88.8 Å². The summed E-state index contributed by atoms with van der Waals surface area (Å²) in [6, 6.07) is 75.7. The Morgan fingerprint density at radius 1 is 0.288 bits per heavy atom. The van der Waals surface area contributed by atoms with Crippen LogP contribution in [0.4, 0.5) is 17.1 Å². The van der Waals surface area contributed by atoms with Gasteiger partial charge < -0.3 is 13.7 Å². The van der Waals surface area contributed by atoms with Gasteiger partial charge >= 0.3 is 0 Å². The molecule has 3 heteroatoms. The van der Waals surface area contributed by atoms with Crippen molar-refractivity contribution >= 4 is 82.5 Å². The molecule has 0 spiro atoms. The number of anilines is 3. The highest BCUT2D eigenvalue weighted by Gasteiger charge is 2.21. The summed E-state index contributed by atoms with van der Waals surface area (Å²) in [5, 5.41) is 9.44. The van der Waals surface area contributed by atoms with Crippen LogP contribution in [0.15, 0.2) is 221 Å². The van der Waals surface area contributed by atoms with Crippen molar-refractivity contribution < 1.29 is 8.83 Å². The molecule has 0 radical (unpaired) electrons. The van der Waals surface area contributed by atoms with Crippen molar-refractivity contribution in [1.29, 1.82) is 0 Å². The summed E-state index contributed by atoms with van der Waals surface area (Å²) in [6.45, 7) is 0. The molecule has 0 amide bonds. The molecule has 10 aromatic carbocycles. The molecule has 0 atom stereocenters. The van der Waals surface area contributed by atoms with Crippen molar-refractivity contribution in [3.8, 4) is 33.4 Å². The SMILES string of the molecule is c1ccc(-c2cccc3c2oc2c(N(c4ccc(-c5ccc6c(ccc7ccccc76)c5)cc4)c4cccc(-c5ccc6oc7ccccc7c6c5)c4)cccc23)cc1. The summed E-state index contributed by atoms with van der Waals surface area (Å²) in [6.07, 6.45) is 0. The van der Waals surface area contributed by atoms with Gasteiger partial charge in [0.05, 0.1) is 5.69 Å². The van der Waals surface area contributed by atoms with Gasteiger partial charge in [0.1, 0.15) is 16.7 Å². The van der Waals surface area contributed by atoms with Crippen LogP contribution < -0.4 is 4.90 Å². The molecule has 12 rings (SSSR count). The Morgan fingerprint density at radius 2 is 0.915 bits per heavy atom. The van der Waals surface area contributed by atoms with E-state index in [0.29, 0.717) is 0 Å². The summed E-state index contributed by atoms with van der Waals surface area (Å²) in [4.78, 5) is 2.33. The van der Waals surface area contributed by atoms with E-state index in [-0.39, 0.29) is 0 Å². The number of fused-ring (bicyclic) bond motifs is 9. The number of benzene rings is 10. The first-order valence-electron chi connectivity index (χ1n) is 20.1. The second-order valence-corrected chi connectivity index (χ2v) is 15.3. The van der Waals surface area contributed by atoms with Crippen LogP contribution in [0.5, 0.6) is 0 Å². The highest BCUT2D eigenvalue weighted by atomic mass is 16.3. The standard InChI is InChI=1S/C56H35NO2/c1-2-11-37(12-3-1)47-18-9-19-49-50-20-10-21-52(56(50)59-55(47)49)57(44-15-8-14-39(34-44)41-28-32-54-51(35-41)48-17-6-7-22-53(48)58-54)43-29-25-36(26-30-43)40-27-31-46-42(33-40)24-23-38-13-4-5-16-45(38)46/h1-35H. The molecule has 0 saturated heterocycles. The average Bonchev–Trinajstić information content (AvgIpc) is 3.88. The molecule has 0 aliphatic rings. The fourth-order valence-electron chi connectivity index (χ4n) is 8.98. The minimum absolute atomic E-state index is 0.841. The molecular weight excluding hydrogens is 719 g/mol. The van der Waals surface area contributed by atoms with E-state index < -0.39 is 0 Å². The summed E-state index contributed by atoms with van der Waals surface area (Å²) < 4.78 is 13.2. The molecule has 0 bridgehead atoms. The Hall–Kier alpha value is -7.88. The molecule has 0 aliphatic carbocycles. The van der Waals surface area contributed by atoms with Crippen molar-refractivity contribution in [1.82, 2.24) is 0 Å². The van der Waals surface area contributed by atoms with E-state index in [1.165, 1.54) is 27.1 Å². The fourth-order valence-corrected chi connectivity index (χ4v) is 8.98. The Morgan fingerprint density at radius 3 is 1.81 bits per heavy atom. The number of furan rings is 2. The van der Waals surface area contributed by atoms with E-state index >= 15 is 0 Å². The number of para-hydroxylation sites is 3. The predicted octanol–water partition coefficient (Wildman–Crippen LogP) is 16.3. The first kappa shape index (κ1) is 33.3. The van der Waals surface area contributed by atoms with Gasteiger partial charge in [0.25, 0.3) is 0 Å². The summed E-state index contributed by atoms with van der Waals surface area (Å²) >= 11 is 0. The van der Waals surface area contributed by atoms with E-state index in [1.807, 2.05) is 12.1 Å².